The van der Waals surface area contributed by atoms with Crippen LogP contribution in [0.5, 0.6) is 0 Å². The lowest BCUT2D eigenvalue weighted by atomic mass is 9.84. The fourth-order valence-corrected chi connectivity index (χ4v) is 3.48. The van der Waals surface area contributed by atoms with Crippen molar-refractivity contribution in [3.8, 4) is 0 Å². The summed E-state index contributed by atoms with van der Waals surface area (Å²) in [7, 11) is 0. The van der Waals surface area contributed by atoms with Crippen LogP contribution in [0.25, 0.3) is 4.85 Å². The van der Waals surface area contributed by atoms with Crippen molar-refractivity contribution in [2.75, 3.05) is 6.61 Å². The van der Waals surface area contributed by atoms with E-state index in [0.717, 1.165) is 25.7 Å². The van der Waals surface area contributed by atoms with Gasteiger partial charge in [0.1, 0.15) is 5.60 Å². The first-order valence-corrected chi connectivity index (χ1v) is 6.94. The monoisotopic (exact) mass is 251 g/mol. The summed E-state index contributed by atoms with van der Waals surface area (Å²) in [5.41, 5.74) is -0.220. The van der Waals surface area contributed by atoms with Gasteiger partial charge in [-0.1, -0.05) is 0 Å². The zero-order valence-electron chi connectivity index (χ0n) is 11.1. The highest BCUT2D eigenvalue weighted by Gasteiger charge is 2.57. The Balaban J connectivity index is 1.69. The summed E-state index contributed by atoms with van der Waals surface area (Å²) in [6, 6.07) is 0.0458. The SMILES string of the molecule is [C-]#[N+][C@H](C)C[C@H]1CC[C@@H]2O[C@@H]3C[C@]2(COC3C)O1. The van der Waals surface area contributed by atoms with E-state index in [4.69, 9.17) is 20.8 Å². The van der Waals surface area contributed by atoms with E-state index in [1.807, 2.05) is 6.92 Å². The summed E-state index contributed by atoms with van der Waals surface area (Å²) in [6.45, 7) is 11.8. The third-order valence-corrected chi connectivity index (χ3v) is 4.56. The summed E-state index contributed by atoms with van der Waals surface area (Å²) in [5.74, 6) is 0. The molecule has 1 unspecified atom stereocenters. The molecule has 0 aromatic heterocycles. The second kappa shape index (κ2) is 4.48. The Morgan fingerprint density at radius 2 is 2.28 bits per heavy atom. The van der Waals surface area contributed by atoms with Gasteiger partial charge in [-0.2, -0.15) is 0 Å². The van der Waals surface area contributed by atoms with Crippen molar-refractivity contribution in [1.82, 2.24) is 0 Å². The normalized spacial score (nSPS) is 48.3. The van der Waals surface area contributed by atoms with Gasteiger partial charge in [0.05, 0.1) is 31.0 Å². The van der Waals surface area contributed by atoms with Gasteiger partial charge in [-0.25, -0.2) is 6.57 Å². The van der Waals surface area contributed by atoms with Crippen LogP contribution in [0.4, 0.5) is 0 Å². The van der Waals surface area contributed by atoms with Crippen molar-refractivity contribution in [1.29, 1.82) is 0 Å². The van der Waals surface area contributed by atoms with Crippen LogP contribution in [-0.4, -0.2) is 42.7 Å². The van der Waals surface area contributed by atoms with Gasteiger partial charge in [0.15, 0.2) is 0 Å². The smallest absolute Gasteiger partial charge is 0.223 e. The van der Waals surface area contributed by atoms with E-state index >= 15 is 0 Å². The molecule has 1 spiro atoms. The first kappa shape index (κ1) is 12.4. The molecule has 100 valence electrons. The second-order valence-corrected chi connectivity index (χ2v) is 5.98. The molecule has 3 saturated heterocycles. The zero-order valence-corrected chi connectivity index (χ0v) is 11.1. The summed E-state index contributed by atoms with van der Waals surface area (Å²) in [6.07, 6.45) is 4.62. The van der Waals surface area contributed by atoms with Crippen LogP contribution in [0, 0.1) is 6.57 Å². The van der Waals surface area contributed by atoms with Crippen molar-refractivity contribution >= 4 is 0 Å². The maximum absolute atomic E-state index is 7.06. The quantitative estimate of drug-likeness (QED) is 0.705. The van der Waals surface area contributed by atoms with E-state index < -0.39 is 0 Å². The number of hydrogen-bond donors (Lipinski definition) is 0. The van der Waals surface area contributed by atoms with Gasteiger partial charge in [0.2, 0.25) is 6.04 Å². The highest BCUT2D eigenvalue weighted by atomic mass is 16.6. The molecule has 3 heterocycles. The zero-order chi connectivity index (χ0) is 12.8. The molecule has 6 atom stereocenters. The highest BCUT2D eigenvalue weighted by Crippen LogP contribution is 2.46. The fourth-order valence-electron chi connectivity index (χ4n) is 3.48. The predicted molar refractivity (Wildman–Crippen MR) is 66.2 cm³/mol. The molecule has 0 aromatic rings. The second-order valence-electron chi connectivity index (χ2n) is 5.98. The van der Waals surface area contributed by atoms with E-state index in [0.29, 0.717) is 6.61 Å². The average molecular weight is 251 g/mol. The first-order chi connectivity index (χ1) is 8.63. The predicted octanol–water partition coefficient (Wildman–Crippen LogP) is 2.18. The van der Waals surface area contributed by atoms with Gasteiger partial charge in [0, 0.05) is 19.8 Å². The Hall–Kier alpha value is -0.630. The van der Waals surface area contributed by atoms with Crippen molar-refractivity contribution in [2.45, 2.75) is 75.6 Å². The molecule has 4 nitrogen and oxygen atoms in total. The molecule has 3 rings (SSSR count). The van der Waals surface area contributed by atoms with Gasteiger partial charge < -0.3 is 19.1 Å². The first-order valence-electron chi connectivity index (χ1n) is 6.94. The molecule has 18 heavy (non-hydrogen) atoms. The van der Waals surface area contributed by atoms with Crippen LogP contribution in [0.1, 0.15) is 39.5 Å². The minimum atomic E-state index is -0.220. The Bertz CT molecular complexity index is 367. The van der Waals surface area contributed by atoms with Crippen molar-refractivity contribution in [2.24, 2.45) is 0 Å². The molecule has 2 bridgehead atoms. The molecule has 0 N–H and O–H groups in total. The van der Waals surface area contributed by atoms with Crippen LogP contribution in [0.2, 0.25) is 0 Å². The highest BCUT2D eigenvalue weighted by molar-refractivity contribution is 5.05. The van der Waals surface area contributed by atoms with Crippen molar-refractivity contribution in [3.05, 3.63) is 11.4 Å². The van der Waals surface area contributed by atoms with E-state index in [1.54, 1.807) is 0 Å². The summed E-state index contributed by atoms with van der Waals surface area (Å²) >= 11 is 0. The van der Waals surface area contributed by atoms with Crippen LogP contribution >= 0.6 is 0 Å². The van der Waals surface area contributed by atoms with Crippen LogP contribution in [0.15, 0.2) is 0 Å². The van der Waals surface area contributed by atoms with Gasteiger partial charge in [-0.3, -0.25) is 0 Å². The van der Waals surface area contributed by atoms with E-state index in [2.05, 4.69) is 11.8 Å². The Morgan fingerprint density at radius 3 is 3.06 bits per heavy atom. The van der Waals surface area contributed by atoms with Crippen LogP contribution in [-0.2, 0) is 14.2 Å². The lowest BCUT2D eigenvalue weighted by Gasteiger charge is -2.43. The molecule has 0 amide bonds. The van der Waals surface area contributed by atoms with Gasteiger partial charge in [0.25, 0.3) is 0 Å². The number of nitrogens with zero attached hydrogens (tertiary/aromatic N) is 1. The lowest BCUT2D eigenvalue weighted by molar-refractivity contribution is -0.190. The molecule has 0 aliphatic carbocycles. The molecular weight excluding hydrogens is 230 g/mol. The van der Waals surface area contributed by atoms with E-state index in [1.165, 1.54) is 0 Å². The standard InChI is InChI=1S/C14H21NO3/c1-9(15-3)6-11-4-5-13-14(18-11)7-12(17-13)10(2)16-8-14/h9-13H,4-8H2,1-2H3/t9-,10?,11-,12-,13+,14-/m1/s1. The van der Waals surface area contributed by atoms with Crippen molar-refractivity contribution < 1.29 is 14.2 Å². The number of ether oxygens (including phenoxy) is 3. The average Bonchev–Trinajstić information content (AvgIpc) is 2.68. The number of hydrogen-bond acceptors (Lipinski definition) is 3. The molecule has 0 aromatic carbocycles. The molecule has 0 saturated carbocycles. The third-order valence-electron chi connectivity index (χ3n) is 4.56. The minimum Gasteiger partial charge on any atom is -0.373 e. The Kier molecular flexibility index (Phi) is 3.09. The summed E-state index contributed by atoms with van der Waals surface area (Å²) < 4.78 is 18.2. The van der Waals surface area contributed by atoms with Gasteiger partial charge >= 0.3 is 0 Å². The minimum absolute atomic E-state index is 0.0458. The van der Waals surface area contributed by atoms with Crippen LogP contribution < -0.4 is 0 Å². The van der Waals surface area contributed by atoms with E-state index in [-0.39, 0.29) is 36.1 Å². The van der Waals surface area contributed by atoms with Gasteiger partial charge in [-0.15, -0.1) is 0 Å². The Labute approximate surface area is 108 Å². The molecule has 0 radical (unpaired) electrons. The topological polar surface area (TPSA) is 32.0 Å². The molecule has 4 heteroatoms. The third kappa shape index (κ3) is 1.95. The van der Waals surface area contributed by atoms with E-state index in [9.17, 15) is 0 Å². The maximum Gasteiger partial charge on any atom is 0.223 e. The van der Waals surface area contributed by atoms with Crippen LogP contribution in [0.3, 0.4) is 0 Å². The molecule has 3 aliphatic rings. The number of rotatable bonds is 2. The Morgan fingerprint density at radius 1 is 1.44 bits per heavy atom. The lowest BCUT2D eigenvalue weighted by Crippen LogP contribution is -2.53. The summed E-state index contributed by atoms with van der Waals surface area (Å²) in [4.78, 5) is 3.57. The maximum atomic E-state index is 7.06. The number of fused-ring (bicyclic) bond motifs is 1. The largest absolute Gasteiger partial charge is 0.373 e. The fraction of sp³-hybridized carbons (Fsp3) is 0.929. The molecule has 3 fully saturated rings. The van der Waals surface area contributed by atoms with Crippen molar-refractivity contribution in [3.63, 3.8) is 0 Å². The molecule has 3 aliphatic heterocycles. The van der Waals surface area contributed by atoms with Gasteiger partial charge in [-0.05, 0) is 19.8 Å². The summed E-state index contributed by atoms with van der Waals surface area (Å²) in [5, 5.41) is 0. The molecular formula is C14H21NO3.